The van der Waals surface area contributed by atoms with Crippen LogP contribution >= 0.6 is 24.0 Å². The summed E-state index contributed by atoms with van der Waals surface area (Å²) >= 11 is 0. The topological polar surface area (TPSA) is 106 Å². The van der Waals surface area contributed by atoms with Crippen LogP contribution in [0.4, 0.5) is 0 Å². The molecule has 0 aromatic heterocycles. The molecule has 2 rings (SSSR count). The summed E-state index contributed by atoms with van der Waals surface area (Å²) < 4.78 is 33.9. The molecule has 0 bridgehead atoms. The highest BCUT2D eigenvalue weighted by Crippen LogP contribution is 2.15. The van der Waals surface area contributed by atoms with E-state index < -0.39 is 10.0 Å². The zero-order chi connectivity index (χ0) is 19.7. The number of guanidine groups is 1. The molecule has 160 valence electrons. The fourth-order valence-electron chi connectivity index (χ4n) is 3.03. The first-order chi connectivity index (χ1) is 12.9. The molecule has 1 aromatic carbocycles. The van der Waals surface area contributed by atoms with Gasteiger partial charge in [0, 0.05) is 47.0 Å². The van der Waals surface area contributed by atoms with Crippen LogP contribution in [0.25, 0.3) is 0 Å². The van der Waals surface area contributed by atoms with Gasteiger partial charge in [-0.1, -0.05) is 12.1 Å². The van der Waals surface area contributed by atoms with E-state index in [4.69, 9.17) is 14.6 Å². The first kappa shape index (κ1) is 25.1. The molecule has 0 unspecified atom stereocenters. The van der Waals surface area contributed by atoms with Gasteiger partial charge in [-0.05, 0) is 37.0 Å². The third-order valence-corrected chi connectivity index (χ3v) is 5.39. The standard InChI is InChI=1S/C18H30N4O4S.HI/c1-20-18(21-14-15-5-3-6-17(13-15)27(19,23)24)22-9-7-16(8-10-22)26-12-4-11-25-2;/h3,5-6,13,16H,4,7-12,14H2,1-2H3,(H,20,21)(H2,19,23,24);1H. The van der Waals surface area contributed by atoms with Crippen molar-refractivity contribution in [2.75, 3.05) is 40.5 Å². The van der Waals surface area contributed by atoms with E-state index in [-0.39, 0.29) is 35.0 Å². The quantitative estimate of drug-likeness (QED) is 0.231. The molecule has 0 spiro atoms. The number of hydrogen-bond acceptors (Lipinski definition) is 5. The Labute approximate surface area is 184 Å². The number of ether oxygens (including phenoxy) is 2. The van der Waals surface area contributed by atoms with Crippen molar-refractivity contribution in [3.05, 3.63) is 29.8 Å². The number of benzene rings is 1. The normalized spacial score (nSPS) is 16.0. The Hall–Kier alpha value is -0.950. The molecule has 1 heterocycles. The first-order valence-electron chi connectivity index (χ1n) is 9.12. The van der Waals surface area contributed by atoms with Gasteiger partial charge in [0.15, 0.2) is 5.96 Å². The summed E-state index contributed by atoms with van der Waals surface area (Å²) in [6, 6.07) is 6.61. The molecule has 0 radical (unpaired) electrons. The van der Waals surface area contributed by atoms with Crippen molar-refractivity contribution >= 4 is 40.0 Å². The fourth-order valence-corrected chi connectivity index (χ4v) is 3.62. The molecule has 28 heavy (non-hydrogen) atoms. The smallest absolute Gasteiger partial charge is 0.238 e. The minimum Gasteiger partial charge on any atom is -0.385 e. The molecule has 3 N–H and O–H groups in total. The summed E-state index contributed by atoms with van der Waals surface area (Å²) in [5.74, 6) is 0.800. The minimum absolute atomic E-state index is 0. The Bertz CT molecular complexity index is 722. The van der Waals surface area contributed by atoms with Gasteiger partial charge in [-0.3, -0.25) is 4.99 Å². The van der Waals surface area contributed by atoms with Gasteiger partial charge in [-0.2, -0.15) is 0 Å². The molecular weight excluding hydrogens is 495 g/mol. The predicted molar refractivity (Wildman–Crippen MR) is 120 cm³/mol. The summed E-state index contributed by atoms with van der Waals surface area (Å²) in [5, 5.41) is 8.48. The average Bonchev–Trinajstić information content (AvgIpc) is 2.66. The van der Waals surface area contributed by atoms with E-state index in [0.29, 0.717) is 6.54 Å². The zero-order valence-electron chi connectivity index (χ0n) is 16.5. The molecule has 0 aliphatic carbocycles. The lowest BCUT2D eigenvalue weighted by Gasteiger charge is -2.34. The molecule has 1 aliphatic heterocycles. The van der Waals surface area contributed by atoms with Gasteiger partial charge in [0.1, 0.15) is 0 Å². The average molecular weight is 526 g/mol. The summed E-state index contributed by atoms with van der Waals surface area (Å²) in [5.41, 5.74) is 0.832. The maximum atomic E-state index is 11.5. The van der Waals surface area contributed by atoms with Crippen LogP contribution in [-0.4, -0.2) is 65.8 Å². The number of sulfonamides is 1. The van der Waals surface area contributed by atoms with Crippen LogP contribution in [-0.2, 0) is 26.0 Å². The van der Waals surface area contributed by atoms with Crippen LogP contribution in [0.1, 0.15) is 24.8 Å². The van der Waals surface area contributed by atoms with Crippen molar-refractivity contribution in [2.45, 2.75) is 36.8 Å². The predicted octanol–water partition coefficient (Wildman–Crippen LogP) is 1.54. The van der Waals surface area contributed by atoms with Crippen LogP contribution in [0.2, 0.25) is 0 Å². The monoisotopic (exact) mass is 526 g/mol. The highest BCUT2D eigenvalue weighted by atomic mass is 127. The van der Waals surface area contributed by atoms with Gasteiger partial charge in [0.25, 0.3) is 0 Å². The zero-order valence-corrected chi connectivity index (χ0v) is 19.6. The molecule has 0 amide bonds. The number of nitrogens with zero attached hydrogens (tertiary/aromatic N) is 2. The van der Waals surface area contributed by atoms with Crippen molar-refractivity contribution in [1.82, 2.24) is 10.2 Å². The van der Waals surface area contributed by atoms with Crippen molar-refractivity contribution in [3.8, 4) is 0 Å². The van der Waals surface area contributed by atoms with Crippen molar-refractivity contribution in [1.29, 1.82) is 0 Å². The third kappa shape index (κ3) is 8.19. The van der Waals surface area contributed by atoms with E-state index in [1.54, 1.807) is 26.3 Å². The number of piperidine rings is 1. The maximum Gasteiger partial charge on any atom is 0.238 e. The van der Waals surface area contributed by atoms with Crippen LogP contribution in [0.15, 0.2) is 34.2 Å². The number of aliphatic imine (C=N–C) groups is 1. The molecule has 1 saturated heterocycles. The second kappa shape index (κ2) is 12.6. The number of nitrogens with two attached hydrogens (primary N) is 1. The van der Waals surface area contributed by atoms with Gasteiger partial charge in [0.2, 0.25) is 10.0 Å². The number of likely N-dealkylation sites (tertiary alicyclic amines) is 1. The Morgan fingerprint density at radius 2 is 2.04 bits per heavy atom. The number of rotatable bonds is 8. The van der Waals surface area contributed by atoms with Crippen LogP contribution < -0.4 is 10.5 Å². The summed E-state index contributed by atoms with van der Waals surface area (Å²) in [4.78, 5) is 6.65. The van der Waals surface area contributed by atoms with E-state index in [1.165, 1.54) is 6.07 Å². The number of hydrogen-bond donors (Lipinski definition) is 2. The van der Waals surface area contributed by atoms with E-state index in [9.17, 15) is 8.42 Å². The van der Waals surface area contributed by atoms with Gasteiger partial charge >= 0.3 is 0 Å². The van der Waals surface area contributed by atoms with Crippen molar-refractivity contribution in [2.24, 2.45) is 10.1 Å². The first-order valence-corrected chi connectivity index (χ1v) is 10.7. The molecule has 10 heteroatoms. The summed E-state index contributed by atoms with van der Waals surface area (Å²) in [7, 11) is -0.255. The highest BCUT2D eigenvalue weighted by Gasteiger charge is 2.21. The third-order valence-electron chi connectivity index (χ3n) is 4.48. The van der Waals surface area contributed by atoms with E-state index >= 15 is 0 Å². The van der Waals surface area contributed by atoms with E-state index in [1.807, 2.05) is 6.07 Å². The Balaban J connectivity index is 0.00000392. The number of primary sulfonamides is 1. The largest absolute Gasteiger partial charge is 0.385 e. The molecule has 1 aromatic rings. The Morgan fingerprint density at radius 3 is 2.64 bits per heavy atom. The van der Waals surface area contributed by atoms with Crippen molar-refractivity contribution < 1.29 is 17.9 Å². The lowest BCUT2D eigenvalue weighted by atomic mass is 10.1. The summed E-state index contributed by atoms with van der Waals surface area (Å²) in [6.07, 6.45) is 3.10. The summed E-state index contributed by atoms with van der Waals surface area (Å²) in [6.45, 7) is 3.66. The van der Waals surface area contributed by atoms with Gasteiger partial charge < -0.3 is 19.7 Å². The van der Waals surface area contributed by atoms with Crippen LogP contribution in [0.3, 0.4) is 0 Å². The molecule has 1 aliphatic rings. The van der Waals surface area contributed by atoms with Gasteiger partial charge in [-0.15, -0.1) is 24.0 Å². The second-order valence-corrected chi connectivity index (χ2v) is 8.06. The second-order valence-electron chi connectivity index (χ2n) is 6.50. The molecule has 8 nitrogen and oxygen atoms in total. The van der Waals surface area contributed by atoms with E-state index in [2.05, 4.69) is 15.2 Å². The number of halogens is 1. The van der Waals surface area contributed by atoms with E-state index in [0.717, 1.165) is 57.1 Å². The highest BCUT2D eigenvalue weighted by molar-refractivity contribution is 14.0. The fraction of sp³-hybridized carbons (Fsp3) is 0.611. The van der Waals surface area contributed by atoms with Gasteiger partial charge in [0.05, 0.1) is 11.0 Å². The molecular formula is C18H31IN4O4S. The number of nitrogens with one attached hydrogen (secondary N) is 1. The van der Waals surface area contributed by atoms with Gasteiger partial charge in [-0.25, -0.2) is 13.6 Å². The SMILES string of the molecule is CN=C(NCc1cccc(S(N)(=O)=O)c1)N1CCC(OCCCOC)CC1.I. The molecule has 0 atom stereocenters. The molecule has 1 fully saturated rings. The lowest BCUT2D eigenvalue weighted by Crippen LogP contribution is -2.46. The Morgan fingerprint density at radius 1 is 1.32 bits per heavy atom. The van der Waals surface area contributed by atoms with Crippen LogP contribution in [0, 0.1) is 0 Å². The maximum absolute atomic E-state index is 11.5. The minimum atomic E-state index is -3.70. The van der Waals surface area contributed by atoms with Crippen molar-refractivity contribution in [3.63, 3.8) is 0 Å². The van der Waals surface area contributed by atoms with Crippen LogP contribution in [0.5, 0.6) is 0 Å². The number of methoxy groups -OCH3 is 1. The molecule has 0 saturated carbocycles. The Kier molecular flexibility index (Phi) is 11.3. The lowest BCUT2D eigenvalue weighted by molar-refractivity contribution is 0.00989.